The van der Waals surface area contributed by atoms with Gasteiger partial charge in [0.05, 0.1) is 17.8 Å². The lowest BCUT2D eigenvalue weighted by atomic mass is 10.1. The number of aromatic amines is 1. The van der Waals surface area contributed by atoms with Crippen molar-refractivity contribution in [1.29, 1.82) is 0 Å². The van der Waals surface area contributed by atoms with Crippen LogP contribution in [0.25, 0.3) is 11.3 Å². The molecule has 1 N–H and O–H groups in total. The highest BCUT2D eigenvalue weighted by atomic mass is 32.2. The molecule has 0 saturated heterocycles. The van der Waals surface area contributed by atoms with E-state index in [1.54, 1.807) is 32.2 Å². The quantitative estimate of drug-likeness (QED) is 0.533. The minimum atomic E-state index is -3.29. The Kier molecular flexibility index (Phi) is 7.00. The Hall–Kier alpha value is -2.57. The molecule has 30 heavy (non-hydrogen) atoms. The van der Waals surface area contributed by atoms with Crippen LogP contribution >= 0.6 is 0 Å². The zero-order chi connectivity index (χ0) is 21.7. The van der Waals surface area contributed by atoms with Crippen molar-refractivity contribution in [2.24, 2.45) is 0 Å². The Labute approximate surface area is 179 Å². The molecule has 1 heterocycles. The number of aromatic nitrogens is 1. The van der Waals surface area contributed by atoms with Crippen molar-refractivity contribution in [3.8, 4) is 17.0 Å². The molecular formula is C24H30N2O3S. The molecule has 1 aromatic heterocycles. The lowest BCUT2D eigenvalue weighted by molar-refractivity contribution is 0.268. The molecule has 0 radical (unpaired) electrons. The van der Waals surface area contributed by atoms with Gasteiger partial charge in [0.25, 0.3) is 0 Å². The molecule has 0 bridgehead atoms. The van der Waals surface area contributed by atoms with Gasteiger partial charge in [0.15, 0.2) is 9.84 Å². The highest BCUT2D eigenvalue weighted by Crippen LogP contribution is 2.32. The van der Waals surface area contributed by atoms with E-state index in [-0.39, 0.29) is 5.75 Å². The summed E-state index contributed by atoms with van der Waals surface area (Å²) in [6.07, 6.45) is 0. The summed E-state index contributed by atoms with van der Waals surface area (Å²) in [5.41, 5.74) is 5.29. The number of nitrogens with one attached hydrogen (secondary N) is 1. The van der Waals surface area contributed by atoms with Gasteiger partial charge in [0.1, 0.15) is 5.75 Å². The minimum absolute atomic E-state index is 0.0686. The fraction of sp³-hybridized carbons (Fsp3) is 0.333. The van der Waals surface area contributed by atoms with E-state index < -0.39 is 9.84 Å². The first kappa shape index (κ1) is 22.1. The molecule has 160 valence electrons. The van der Waals surface area contributed by atoms with E-state index in [9.17, 15) is 8.42 Å². The molecule has 0 aliphatic carbocycles. The maximum absolute atomic E-state index is 12.3. The summed E-state index contributed by atoms with van der Waals surface area (Å²) < 4.78 is 30.1. The molecule has 0 fully saturated rings. The van der Waals surface area contributed by atoms with Gasteiger partial charge in [-0.15, -0.1) is 0 Å². The summed E-state index contributed by atoms with van der Waals surface area (Å²) in [5.74, 6) is 0.713. The lowest BCUT2D eigenvalue weighted by Gasteiger charge is -2.21. The van der Waals surface area contributed by atoms with Gasteiger partial charge in [0, 0.05) is 30.0 Å². The zero-order valence-electron chi connectivity index (χ0n) is 18.1. The molecule has 0 amide bonds. The maximum atomic E-state index is 12.3. The second-order valence-electron chi connectivity index (χ2n) is 7.39. The average molecular weight is 427 g/mol. The van der Waals surface area contributed by atoms with Gasteiger partial charge in [-0.3, -0.25) is 4.90 Å². The number of hydrogen-bond acceptors (Lipinski definition) is 4. The zero-order valence-corrected chi connectivity index (χ0v) is 18.9. The molecule has 3 aromatic rings. The lowest BCUT2D eigenvalue weighted by Crippen LogP contribution is -2.22. The van der Waals surface area contributed by atoms with Crippen LogP contribution in [0.3, 0.4) is 0 Å². The van der Waals surface area contributed by atoms with E-state index in [4.69, 9.17) is 4.74 Å². The summed E-state index contributed by atoms with van der Waals surface area (Å²) in [7, 11) is -1.69. The average Bonchev–Trinajstić information content (AvgIpc) is 3.22. The normalized spacial score (nSPS) is 11.8. The van der Waals surface area contributed by atoms with Crippen LogP contribution in [0.5, 0.6) is 5.75 Å². The van der Waals surface area contributed by atoms with Crippen LogP contribution in [-0.2, 0) is 22.9 Å². The SMILES string of the molecule is CCN(Cc1ccc(-c2cc(S(=O)(=O)CC)ccc2OC)[nH]1)Cc1ccccc1C. The molecule has 0 saturated carbocycles. The van der Waals surface area contributed by atoms with Gasteiger partial charge in [-0.2, -0.15) is 0 Å². The standard InChI is InChI=1S/C24H30N2O3S/c1-5-26(16-19-10-8-7-9-18(19)3)17-20-11-13-23(25-20)22-15-21(30(27,28)6-2)12-14-24(22)29-4/h7-15,25H,5-6,16-17H2,1-4H3. The molecule has 6 heteroatoms. The Balaban J connectivity index is 1.85. The van der Waals surface area contributed by atoms with Gasteiger partial charge in [0.2, 0.25) is 0 Å². The molecule has 0 aliphatic heterocycles. The molecule has 2 aromatic carbocycles. The van der Waals surface area contributed by atoms with Crippen molar-refractivity contribution < 1.29 is 13.2 Å². The monoisotopic (exact) mass is 426 g/mol. The van der Waals surface area contributed by atoms with Crippen molar-refractivity contribution >= 4 is 9.84 Å². The van der Waals surface area contributed by atoms with Crippen LogP contribution in [0.2, 0.25) is 0 Å². The molecular weight excluding hydrogens is 396 g/mol. The van der Waals surface area contributed by atoms with Crippen molar-refractivity contribution in [3.63, 3.8) is 0 Å². The first-order valence-electron chi connectivity index (χ1n) is 10.2. The topological polar surface area (TPSA) is 62.4 Å². The number of aryl methyl sites for hydroxylation is 1. The number of ether oxygens (including phenoxy) is 1. The van der Waals surface area contributed by atoms with Gasteiger partial charge in [-0.05, 0) is 54.9 Å². The molecule has 3 rings (SSSR count). The van der Waals surface area contributed by atoms with E-state index in [1.165, 1.54) is 11.1 Å². The van der Waals surface area contributed by atoms with Crippen molar-refractivity contribution in [3.05, 3.63) is 71.4 Å². The first-order valence-corrected chi connectivity index (χ1v) is 11.9. The van der Waals surface area contributed by atoms with Crippen LogP contribution in [0.4, 0.5) is 0 Å². The summed E-state index contributed by atoms with van der Waals surface area (Å²) in [4.78, 5) is 6.13. The number of sulfone groups is 1. The Morgan fingerprint density at radius 1 is 1.00 bits per heavy atom. The number of rotatable bonds is 9. The van der Waals surface area contributed by atoms with Gasteiger partial charge in [-0.1, -0.05) is 38.1 Å². The third-order valence-corrected chi connectivity index (χ3v) is 7.18. The number of H-pyrrole nitrogens is 1. The number of nitrogens with zero attached hydrogens (tertiary/aromatic N) is 1. The van der Waals surface area contributed by atoms with Gasteiger partial charge >= 0.3 is 0 Å². The fourth-order valence-corrected chi connectivity index (χ4v) is 4.40. The predicted octanol–water partition coefficient (Wildman–Crippen LogP) is 4.81. The highest BCUT2D eigenvalue weighted by molar-refractivity contribution is 7.91. The van der Waals surface area contributed by atoms with Crippen molar-refractivity contribution in [2.75, 3.05) is 19.4 Å². The molecule has 0 spiro atoms. The molecule has 0 aliphatic rings. The number of methoxy groups -OCH3 is 1. The summed E-state index contributed by atoms with van der Waals surface area (Å²) in [6, 6.07) is 17.5. The number of benzene rings is 2. The molecule has 0 unspecified atom stereocenters. The van der Waals surface area contributed by atoms with Crippen LogP contribution in [0.1, 0.15) is 30.7 Å². The second-order valence-corrected chi connectivity index (χ2v) is 9.67. The van der Waals surface area contributed by atoms with Crippen LogP contribution in [0.15, 0.2) is 59.5 Å². The largest absolute Gasteiger partial charge is 0.496 e. The van der Waals surface area contributed by atoms with E-state index in [2.05, 4.69) is 54.1 Å². The maximum Gasteiger partial charge on any atom is 0.178 e. The fourth-order valence-electron chi connectivity index (χ4n) is 3.50. The molecule has 5 nitrogen and oxygen atoms in total. The Morgan fingerprint density at radius 2 is 1.77 bits per heavy atom. The summed E-state index contributed by atoms with van der Waals surface area (Å²) >= 11 is 0. The summed E-state index contributed by atoms with van der Waals surface area (Å²) in [6.45, 7) is 8.53. The second kappa shape index (κ2) is 9.49. The van der Waals surface area contributed by atoms with E-state index in [1.807, 2.05) is 6.07 Å². The van der Waals surface area contributed by atoms with Crippen LogP contribution < -0.4 is 4.74 Å². The highest BCUT2D eigenvalue weighted by Gasteiger charge is 2.17. The smallest absolute Gasteiger partial charge is 0.178 e. The van der Waals surface area contributed by atoms with Crippen LogP contribution in [0, 0.1) is 6.92 Å². The van der Waals surface area contributed by atoms with Crippen LogP contribution in [-0.4, -0.2) is 37.7 Å². The Bertz CT molecular complexity index is 1100. The van der Waals surface area contributed by atoms with Gasteiger partial charge in [-0.25, -0.2) is 8.42 Å². The van der Waals surface area contributed by atoms with E-state index >= 15 is 0 Å². The predicted molar refractivity (Wildman–Crippen MR) is 121 cm³/mol. The first-order chi connectivity index (χ1) is 14.4. The van der Waals surface area contributed by atoms with Crippen molar-refractivity contribution in [1.82, 2.24) is 9.88 Å². The summed E-state index contributed by atoms with van der Waals surface area (Å²) in [5, 5.41) is 0. The van der Waals surface area contributed by atoms with Crippen molar-refractivity contribution in [2.45, 2.75) is 38.8 Å². The third kappa shape index (κ3) is 4.94. The molecule has 0 atom stereocenters. The number of hydrogen-bond donors (Lipinski definition) is 1. The third-order valence-electron chi connectivity index (χ3n) is 5.44. The Morgan fingerprint density at radius 3 is 2.43 bits per heavy atom. The van der Waals surface area contributed by atoms with Gasteiger partial charge < -0.3 is 9.72 Å². The van der Waals surface area contributed by atoms with E-state index in [0.29, 0.717) is 10.6 Å². The van der Waals surface area contributed by atoms with E-state index in [0.717, 1.165) is 36.6 Å². The minimum Gasteiger partial charge on any atom is -0.496 e.